The molecule has 0 heterocycles. The maximum Gasteiger partial charge on any atom is 0.167 e. The first-order valence-electron chi connectivity index (χ1n) is 5.66. The van der Waals surface area contributed by atoms with Gasteiger partial charge in [-0.1, -0.05) is 35.3 Å². The van der Waals surface area contributed by atoms with E-state index in [1.807, 2.05) is 0 Å². The number of nitrogens with two attached hydrogens (primary N) is 1. The van der Waals surface area contributed by atoms with Crippen molar-refractivity contribution < 1.29 is 9.13 Å². The van der Waals surface area contributed by atoms with Crippen LogP contribution in [0.4, 0.5) is 4.39 Å². The summed E-state index contributed by atoms with van der Waals surface area (Å²) in [4.78, 5) is 0. The molecule has 100 valence electrons. The lowest BCUT2D eigenvalue weighted by atomic mass is 10.1. The van der Waals surface area contributed by atoms with Crippen LogP contribution >= 0.6 is 23.2 Å². The molecule has 2 aromatic rings. The highest BCUT2D eigenvalue weighted by atomic mass is 35.5. The molecule has 0 aromatic heterocycles. The topological polar surface area (TPSA) is 35.2 Å². The second-order valence-corrected chi connectivity index (χ2v) is 4.94. The van der Waals surface area contributed by atoms with Gasteiger partial charge in [0, 0.05) is 17.7 Å². The lowest BCUT2D eigenvalue weighted by Gasteiger charge is -2.14. The van der Waals surface area contributed by atoms with E-state index in [1.54, 1.807) is 31.2 Å². The molecule has 0 aliphatic rings. The highest BCUT2D eigenvalue weighted by molar-refractivity contribution is 6.42. The lowest BCUT2D eigenvalue weighted by Crippen LogP contribution is -2.07. The highest BCUT2D eigenvalue weighted by Crippen LogP contribution is 2.34. The SMILES string of the molecule is C[C@@H](N)c1cccc(F)c1Oc1ccc(Cl)c(Cl)c1. The van der Waals surface area contributed by atoms with E-state index < -0.39 is 5.82 Å². The maximum absolute atomic E-state index is 13.8. The van der Waals surface area contributed by atoms with Gasteiger partial charge in [-0.15, -0.1) is 0 Å². The Hall–Kier alpha value is -1.29. The molecule has 2 aromatic carbocycles. The molecule has 0 radical (unpaired) electrons. The van der Waals surface area contributed by atoms with E-state index in [0.29, 0.717) is 21.4 Å². The Kier molecular flexibility index (Phi) is 4.30. The zero-order valence-electron chi connectivity index (χ0n) is 10.2. The Labute approximate surface area is 120 Å². The lowest BCUT2D eigenvalue weighted by molar-refractivity contribution is 0.432. The molecule has 1 atom stereocenters. The predicted molar refractivity (Wildman–Crippen MR) is 75.5 cm³/mol. The molecule has 2 N–H and O–H groups in total. The highest BCUT2D eigenvalue weighted by Gasteiger charge is 2.14. The normalized spacial score (nSPS) is 12.3. The van der Waals surface area contributed by atoms with Gasteiger partial charge in [-0.05, 0) is 25.1 Å². The van der Waals surface area contributed by atoms with E-state index in [4.69, 9.17) is 33.7 Å². The average Bonchev–Trinajstić information content (AvgIpc) is 2.36. The van der Waals surface area contributed by atoms with Gasteiger partial charge in [-0.25, -0.2) is 4.39 Å². The Morgan fingerprint density at radius 2 is 1.89 bits per heavy atom. The molecular weight excluding hydrogens is 288 g/mol. The Morgan fingerprint density at radius 1 is 1.16 bits per heavy atom. The zero-order chi connectivity index (χ0) is 14.0. The first-order chi connectivity index (χ1) is 8.99. The van der Waals surface area contributed by atoms with E-state index in [1.165, 1.54) is 12.1 Å². The molecular formula is C14H12Cl2FNO. The standard InChI is InChI=1S/C14H12Cl2FNO/c1-8(18)10-3-2-4-13(17)14(10)19-9-5-6-11(15)12(16)7-9/h2-8H,18H2,1H3/t8-/m1/s1. The molecule has 0 aliphatic heterocycles. The second kappa shape index (κ2) is 5.78. The van der Waals surface area contributed by atoms with Gasteiger partial charge in [-0.3, -0.25) is 0 Å². The van der Waals surface area contributed by atoms with Crippen molar-refractivity contribution >= 4 is 23.2 Å². The van der Waals surface area contributed by atoms with Gasteiger partial charge in [0.1, 0.15) is 5.75 Å². The number of hydrogen-bond donors (Lipinski definition) is 1. The Morgan fingerprint density at radius 3 is 2.53 bits per heavy atom. The van der Waals surface area contributed by atoms with Crippen LogP contribution in [0.2, 0.25) is 10.0 Å². The summed E-state index contributed by atoms with van der Waals surface area (Å²) in [7, 11) is 0. The second-order valence-electron chi connectivity index (χ2n) is 4.12. The zero-order valence-corrected chi connectivity index (χ0v) is 11.7. The van der Waals surface area contributed by atoms with Crippen LogP contribution in [0.25, 0.3) is 0 Å². The van der Waals surface area contributed by atoms with Gasteiger partial charge in [0.25, 0.3) is 0 Å². The summed E-state index contributed by atoms with van der Waals surface area (Å²) < 4.78 is 19.4. The van der Waals surface area contributed by atoms with E-state index >= 15 is 0 Å². The summed E-state index contributed by atoms with van der Waals surface area (Å²) in [6.07, 6.45) is 0. The first-order valence-corrected chi connectivity index (χ1v) is 6.41. The molecule has 0 spiro atoms. The monoisotopic (exact) mass is 299 g/mol. The summed E-state index contributed by atoms with van der Waals surface area (Å²) in [6, 6.07) is 9.03. The van der Waals surface area contributed by atoms with Gasteiger partial charge in [0.15, 0.2) is 11.6 Å². The molecule has 0 saturated heterocycles. The first kappa shape index (κ1) is 14.1. The van der Waals surface area contributed by atoms with E-state index in [9.17, 15) is 4.39 Å². The smallest absolute Gasteiger partial charge is 0.167 e. The van der Waals surface area contributed by atoms with Gasteiger partial charge < -0.3 is 10.5 Å². The van der Waals surface area contributed by atoms with Gasteiger partial charge in [-0.2, -0.15) is 0 Å². The van der Waals surface area contributed by atoms with Crippen molar-refractivity contribution in [2.45, 2.75) is 13.0 Å². The largest absolute Gasteiger partial charge is 0.454 e. The van der Waals surface area contributed by atoms with Crippen molar-refractivity contribution in [3.8, 4) is 11.5 Å². The summed E-state index contributed by atoms with van der Waals surface area (Å²) in [5, 5.41) is 0.757. The molecule has 0 aliphatic carbocycles. The molecule has 0 unspecified atom stereocenters. The quantitative estimate of drug-likeness (QED) is 0.871. The molecule has 0 bridgehead atoms. The number of halogens is 3. The van der Waals surface area contributed by atoms with Crippen LogP contribution < -0.4 is 10.5 Å². The number of hydrogen-bond acceptors (Lipinski definition) is 2. The average molecular weight is 300 g/mol. The number of ether oxygens (including phenoxy) is 1. The van der Waals surface area contributed by atoms with Gasteiger partial charge in [0.05, 0.1) is 10.0 Å². The molecule has 5 heteroatoms. The third kappa shape index (κ3) is 3.18. The van der Waals surface area contributed by atoms with Crippen LogP contribution in [0.3, 0.4) is 0 Å². The fourth-order valence-corrected chi connectivity index (χ4v) is 1.94. The molecule has 2 nitrogen and oxygen atoms in total. The number of benzene rings is 2. The van der Waals surface area contributed by atoms with Crippen LogP contribution in [0.15, 0.2) is 36.4 Å². The van der Waals surface area contributed by atoms with Crippen LogP contribution in [-0.2, 0) is 0 Å². The van der Waals surface area contributed by atoms with E-state index in [-0.39, 0.29) is 11.8 Å². The fourth-order valence-electron chi connectivity index (χ4n) is 1.65. The minimum atomic E-state index is -0.471. The number of rotatable bonds is 3. The molecule has 0 saturated carbocycles. The molecule has 2 rings (SSSR count). The molecule has 0 amide bonds. The summed E-state index contributed by atoms with van der Waals surface area (Å²) in [5.41, 5.74) is 6.39. The van der Waals surface area contributed by atoms with Crippen LogP contribution in [0, 0.1) is 5.82 Å². The van der Waals surface area contributed by atoms with Gasteiger partial charge >= 0.3 is 0 Å². The van der Waals surface area contributed by atoms with Crippen molar-refractivity contribution in [2.24, 2.45) is 5.73 Å². The summed E-state index contributed by atoms with van der Waals surface area (Å²) in [5.74, 6) is 0.0400. The summed E-state index contributed by atoms with van der Waals surface area (Å²) in [6.45, 7) is 1.76. The van der Waals surface area contributed by atoms with Crippen LogP contribution in [0.1, 0.15) is 18.5 Å². The van der Waals surface area contributed by atoms with Gasteiger partial charge in [0.2, 0.25) is 0 Å². The maximum atomic E-state index is 13.8. The van der Waals surface area contributed by atoms with E-state index in [0.717, 1.165) is 0 Å². The van der Waals surface area contributed by atoms with Crippen molar-refractivity contribution in [3.05, 3.63) is 57.8 Å². The minimum Gasteiger partial charge on any atom is -0.454 e. The Bertz CT molecular complexity index is 602. The van der Waals surface area contributed by atoms with E-state index in [2.05, 4.69) is 0 Å². The van der Waals surface area contributed by atoms with Crippen molar-refractivity contribution in [1.82, 2.24) is 0 Å². The van der Waals surface area contributed by atoms with Crippen molar-refractivity contribution in [1.29, 1.82) is 0 Å². The third-order valence-electron chi connectivity index (χ3n) is 2.60. The van der Waals surface area contributed by atoms with Crippen molar-refractivity contribution in [2.75, 3.05) is 0 Å². The number of para-hydroxylation sites is 1. The molecule has 19 heavy (non-hydrogen) atoms. The third-order valence-corrected chi connectivity index (χ3v) is 3.34. The minimum absolute atomic E-state index is 0.107. The summed E-state index contributed by atoms with van der Waals surface area (Å²) >= 11 is 11.7. The van der Waals surface area contributed by atoms with Crippen LogP contribution in [-0.4, -0.2) is 0 Å². The Balaban J connectivity index is 2.40. The molecule has 0 fully saturated rings. The fraction of sp³-hybridized carbons (Fsp3) is 0.143. The predicted octanol–water partition coefficient (Wildman–Crippen LogP) is 4.94. The van der Waals surface area contributed by atoms with Crippen LogP contribution in [0.5, 0.6) is 11.5 Å². The van der Waals surface area contributed by atoms with Crippen molar-refractivity contribution in [3.63, 3.8) is 0 Å².